The Morgan fingerprint density at radius 2 is 1.89 bits per heavy atom. The van der Waals surface area contributed by atoms with Crippen LogP contribution in [0.4, 0.5) is 13.2 Å². The predicted molar refractivity (Wildman–Crippen MR) is 53.5 cm³/mol. The maximum Gasteiger partial charge on any atom is 0.574 e. The predicted octanol–water partition coefficient (Wildman–Crippen LogP) is 2.08. The van der Waals surface area contributed by atoms with Crippen molar-refractivity contribution in [2.75, 3.05) is 14.2 Å². The molecule has 0 N–H and O–H groups in total. The maximum atomic E-state index is 12.2. The third-order valence-electron chi connectivity index (χ3n) is 1.94. The standard InChI is InChI=1S/C10H10F3NO4/c1-5-4-6(9(15)17-3)8(14-7(5)16-2)18-10(11,12)13/h4H,1-3H3. The number of hydrogen-bond acceptors (Lipinski definition) is 5. The summed E-state index contributed by atoms with van der Waals surface area (Å²) in [5.41, 5.74) is -0.0412. The molecule has 0 saturated heterocycles. The number of rotatable bonds is 3. The molecule has 0 bridgehead atoms. The van der Waals surface area contributed by atoms with Gasteiger partial charge in [-0.25, -0.2) is 4.79 Å². The molecule has 100 valence electrons. The van der Waals surface area contributed by atoms with Gasteiger partial charge in [0.05, 0.1) is 14.2 Å². The molecule has 0 radical (unpaired) electrons. The summed E-state index contributed by atoms with van der Waals surface area (Å²) in [6, 6.07) is 1.15. The van der Waals surface area contributed by atoms with E-state index in [-0.39, 0.29) is 5.88 Å². The van der Waals surface area contributed by atoms with E-state index in [0.717, 1.165) is 13.2 Å². The highest BCUT2D eigenvalue weighted by molar-refractivity contribution is 5.92. The SMILES string of the molecule is COC(=O)c1cc(C)c(OC)nc1OC(F)(F)F. The van der Waals surface area contributed by atoms with Crippen molar-refractivity contribution in [1.82, 2.24) is 4.98 Å². The molecule has 0 aliphatic heterocycles. The zero-order chi connectivity index (χ0) is 13.9. The molecule has 1 aromatic rings. The first-order valence-corrected chi connectivity index (χ1v) is 4.68. The van der Waals surface area contributed by atoms with Crippen LogP contribution in [-0.4, -0.2) is 31.5 Å². The summed E-state index contributed by atoms with van der Waals surface area (Å²) >= 11 is 0. The van der Waals surface area contributed by atoms with Gasteiger partial charge in [-0.1, -0.05) is 0 Å². The molecular weight excluding hydrogens is 255 g/mol. The third kappa shape index (κ3) is 3.25. The zero-order valence-corrected chi connectivity index (χ0v) is 9.79. The largest absolute Gasteiger partial charge is 0.574 e. The Kier molecular flexibility index (Phi) is 4.00. The molecule has 1 heterocycles. The van der Waals surface area contributed by atoms with E-state index in [9.17, 15) is 18.0 Å². The van der Waals surface area contributed by atoms with E-state index in [4.69, 9.17) is 4.74 Å². The van der Waals surface area contributed by atoms with Crippen LogP contribution in [0.5, 0.6) is 11.8 Å². The minimum Gasteiger partial charge on any atom is -0.481 e. The fourth-order valence-corrected chi connectivity index (χ4v) is 1.23. The Hall–Kier alpha value is -1.99. The van der Waals surface area contributed by atoms with Gasteiger partial charge >= 0.3 is 12.3 Å². The summed E-state index contributed by atoms with van der Waals surface area (Å²) in [6.07, 6.45) is -4.96. The topological polar surface area (TPSA) is 57.7 Å². The number of alkyl halides is 3. The van der Waals surface area contributed by atoms with E-state index in [2.05, 4.69) is 14.5 Å². The van der Waals surface area contributed by atoms with E-state index >= 15 is 0 Å². The molecule has 0 aliphatic rings. The van der Waals surface area contributed by atoms with Crippen molar-refractivity contribution < 1.29 is 32.2 Å². The van der Waals surface area contributed by atoms with Crippen molar-refractivity contribution in [3.05, 3.63) is 17.2 Å². The fraction of sp³-hybridized carbons (Fsp3) is 0.400. The molecule has 18 heavy (non-hydrogen) atoms. The number of aromatic nitrogens is 1. The van der Waals surface area contributed by atoms with Gasteiger partial charge in [-0.3, -0.25) is 0 Å². The van der Waals surface area contributed by atoms with Gasteiger partial charge in [0.15, 0.2) is 0 Å². The number of aryl methyl sites for hydroxylation is 1. The van der Waals surface area contributed by atoms with Gasteiger partial charge in [0.1, 0.15) is 5.56 Å². The van der Waals surface area contributed by atoms with E-state index in [1.807, 2.05) is 0 Å². The quantitative estimate of drug-likeness (QED) is 0.783. The molecule has 0 fully saturated rings. The van der Waals surface area contributed by atoms with Crippen LogP contribution in [0.25, 0.3) is 0 Å². The average molecular weight is 265 g/mol. The van der Waals surface area contributed by atoms with Crippen LogP contribution in [0.3, 0.4) is 0 Å². The Morgan fingerprint density at radius 3 is 2.33 bits per heavy atom. The second-order valence-corrected chi connectivity index (χ2v) is 3.21. The molecule has 1 aromatic heterocycles. The minimum absolute atomic E-state index is 0.0677. The van der Waals surface area contributed by atoms with Crippen LogP contribution in [0.1, 0.15) is 15.9 Å². The summed E-state index contributed by atoms with van der Waals surface area (Å²) < 4.78 is 49.3. The number of hydrogen-bond donors (Lipinski definition) is 0. The number of esters is 1. The highest BCUT2D eigenvalue weighted by Gasteiger charge is 2.34. The van der Waals surface area contributed by atoms with Crippen LogP contribution >= 0.6 is 0 Å². The van der Waals surface area contributed by atoms with Gasteiger partial charge in [-0.2, -0.15) is 4.98 Å². The first-order valence-electron chi connectivity index (χ1n) is 4.68. The Morgan fingerprint density at radius 1 is 1.28 bits per heavy atom. The number of methoxy groups -OCH3 is 2. The lowest BCUT2D eigenvalue weighted by atomic mass is 10.2. The molecule has 0 atom stereocenters. The molecule has 0 aliphatic carbocycles. The first-order chi connectivity index (χ1) is 8.28. The molecule has 5 nitrogen and oxygen atoms in total. The molecule has 0 aromatic carbocycles. The number of nitrogens with zero attached hydrogens (tertiary/aromatic N) is 1. The van der Waals surface area contributed by atoms with E-state index in [1.165, 1.54) is 14.0 Å². The number of pyridine rings is 1. The van der Waals surface area contributed by atoms with Crippen LogP contribution in [0, 0.1) is 6.92 Å². The summed E-state index contributed by atoms with van der Waals surface area (Å²) in [7, 11) is 2.28. The molecular formula is C10H10F3NO4. The van der Waals surface area contributed by atoms with Gasteiger partial charge in [-0.05, 0) is 13.0 Å². The van der Waals surface area contributed by atoms with E-state index < -0.39 is 23.8 Å². The summed E-state index contributed by atoms with van der Waals surface area (Å²) in [6.45, 7) is 1.52. The molecule has 1 rings (SSSR count). The van der Waals surface area contributed by atoms with Crippen molar-refractivity contribution in [1.29, 1.82) is 0 Å². The number of carbonyl (C=O) groups excluding carboxylic acids is 1. The van der Waals surface area contributed by atoms with Crippen molar-refractivity contribution >= 4 is 5.97 Å². The number of carbonyl (C=O) groups is 1. The lowest BCUT2D eigenvalue weighted by molar-refractivity contribution is -0.276. The molecule has 0 saturated carbocycles. The highest BCUT2D eigenvalue weighted by atomic mass is 19.4. The van der Waals surface area contributed by atoms with Crippen molar-refractivity contribution in [2.45, 2.75) is 13.3 Å². The molecule has 0 unspecified atom stereocenters. The lowest BCUT2D eigenvalue weighted by Gasteiger charge is -2.13. The Labute approximate surface area is 100 Å². The smallest absolute Gasteiger partial charge is 0.481 e. The van der Waals surface area contributed by atoms with Crippen molar-refractivity contribution in [3.8, 4) is 11.8 Å². The normalized spacial score (nSPS) is 11.0. The van der Waals surface area contributed by atoms with E-state index in [0.29, 0.717) is 5.56 Å². The second kappa shape index (κ2) is 5.11. The van der Waals surface area contributed by atoms with Gasteiger partial charge in [-0.15, -0.1) is 13.2 Å². The van der Waals surface area contributed by atoms with Gasteiger partial charge < -0.3 is 14.2 Å². The second-order valence-electron chi connectivity index (χ2n) is 3.21. The van der Waals surface area contributed by atoms with E-state index in [1.54, 1.807) is 0 Å². The van der Waals surface area contributed by atoms with Crippen LogP contribution in [-0.2, 0) is 4.74 Å². The minimum atomic E-state index is -4.96. The van der Waals surface area contributed by atoms with Gasteiger partial charge in [0, 0.05) is 5.56 Å². The van der Waals surface area contributed by atoms with Gasteiger partial charge in [0.2, 0.25) is 11.8 Å². The molecule has 0 amide bonds. The Bertz CT molecular complexity index is 459. The first kappa shape index (κ1) is 14.1. The van der Waals surface area contributed by atoms with Crippen LogP contribution in [0.2, 0.25) is 0 Å². The number of ether oxygens (including phenoxy) is 3. The average Bonchev–Trinajstić information content (AvgIpc) is 2.28. The van der Waals surface area contributed by atoms with Crippen molar-refractivity contribution in [3.63, 3.8) is 0 Å². The molecule has 8 heteroatoms. The van der Waals surface area contributed by atoms with Crippen LogP contribution in [0.15, 0.2) is 6.07 Å². The lowest BCUT2D eigenvalue weighted by Crippen LogP contribution is -2.20. The summed E-state index contributed by atoms with van der Waals surface area (Å²) in [4.78, 5) is 14.8. The van der Waals surface area contributed by atoms with Crippen LogP contribution < -0.4 is 9.47 Å². The maximum absolute atomic E-state index is 12.2. The number of halogens is 3. The molecule has 0 spiro atoms. The monoisotopic (exact) mass is 265 g/mol. The highest BCUT2D eigenvalue weighted by Crippen LogP contribution is 2.29. The summed E-state index contributed by atoms with van der Waals surface area (Å²) in [5.74, 6) is -1.95. The zero-order valence-electron chi connectivity index (χ0n) is 9.79. The fourth-order valence-electron chi connectivity index (χ4n) is 1.23. The third-order valence-corrected chi connectivity index (χ3v) is 1.94. The van der Waals surface area contributed by atoms with Crippen molar-refractivity contribution in [2.24, 2.45) is 0 Å². The van der Waals surface area contributed by atoms with Gasteiger partial charge in [0.25, 0.3) is 0 Å². The Balaban J connectivity index is 3.30. The summed E-state index contributed by atoms with van der Waals surface area (Å²) in [5, 5.41) is 0.